The molecule has 0 saturated heterocycles. The molecule has 1 aliphatic heterocycles. The van der Waals surface area contributed by atoms with Crippen LogP contribution >= 0.6 is 0 Å². The van der Waals surface area contributed by atoms with E-state index in [4.69, 9.17) is 19.8 Å². The van der Waals surface area contributed by atoms with Gasteiger partial charge in [-0.2, -0.15) is 0 Å². The molecule has 0 radical (unpaired) electrons. The molecule has 2 heterocycles. The van der Waals surface area contributed by atoms with Crippen LogP contribution in [0.3, 0.4) is 0 Å². The SMILES string of the molecule is CCOC(=O)CN1NC(Cc2ccc(-c3ccccc3-c3nnn(C(c4ccccc4)(c4ccccc4)c4ccccc4)n3)cc2)=C(C(=O)OC)C1C. The van der Waals surface area contributed by atoms with Crippen molar-refractivity contribution in [2.24, 2.45) is 0 Å². The summed E-state index contributed by atoms with van der Waals surface area (Å²) in [5.41, 5.74) is 10.3. The van der Waals surface area contributed by atoms with Gasteiger partial charge in [0.05, 0.1) is 25.3 Å². The first-order valence-corrected chi connectivity index (χ1v) is 17.6. The molecule has 0 fully saturated rings. The first kappa shape index (κ1) is 35.0. The number of tetrazole rings is 1. The Morgan fingerprint density at radius 1 is 0.755 bits per heavy atom. The van der Waals surface area contributed by atoms with E-state index in [0.29, 0.717) is 23.5 Å². The Kier molecular flexibility index (Phi) is 10.2. The number of aromatic nitrogens is 4. The number of rotatable bonds is 12. The van der Waals surface area contributed by atoms with Crippen LogP contribution in [0, 0.1) is 0 Å². The number of esters is 2. The Morgan fingerprint density at radius 2 is 1.30 bits per heavy atom. The van der Waals surface area contributed by atoms with Gasteiger partial charge in [0.15, 0.2) is 5.54 Å². The smallest absolute Gasteiger partial charge is 0.337 e. The first-order valence-electron chi connectivity index (χ1n) is 17.6. The van der Waals surface area contributed by atoms with E-state index in [-0.39, 0.29) is 25.2 Å². The highest BCUT2D eigenvalue weighted by Crippen LogP contribution is 2.40. The molecule has 0 aliphatic carbocycles. The molecule has 0 saturated carbocycles. The summed E-state index contributed by atoms with van der Waals surface area (Å²) < 4.78 is 10.2. The van der Waals surface area contributed by atoms with Gasteiger partial charge in [0.25, 0.3) is 0 Å². The van der Waals surface area contributed by atoms with Crippen molar-refractivity contribution < 1.29 is 19.1 Å². The van der Waals surface area contributed by atoms with Gasteiger partial charge in [0, 0.05) is 17.7 Å². The molecule has 0 spiro atoms. The van der Waals surface area contributed by atoms with Gasteiger partial charge in [0.2, 0.25) is 5.82 Å². The van der Waals surface area contributed by atoms with Crippen LogP contribution in [0.4, 0.5) is 0 Å². The minimum absolute atomic E-state index is 0.00343. The molecule has 1 aromatic heterocycles. The van der Waals surface area contributed by atoms with Gasteiger partial charge >= 0.3 is 11.9 Å². The average Bonchev–Trinajstić information content (AvgIpc) is 3.81. The fourth-order valence-electron chi connectivity index (χ4n) is 7.08. The Morgan fingerprint density at radius 3 is 1.85 bits per heavy atom. The molecule has 1 N–H and O–H groups in total. The lowest BCUT2D eigenvalue weighted by atomic mass is 9.77. The van der Waals surface area contributed by atoms with Crippen molar-refractivity contribution in [2.75, 3.05) is 20.3 Å². The number of ether oxygens (including phenoxy) is 2. The number of nitrogens with zero attached hydrogens (tertiary/aromatic N) is 5. The lowest BCUT2D eigenvalue weighted by molar-refractivity contribution is -0.145. The van der Waals surface area contributed by atoms with Crippen LogP contribution in [0.1, 0.15) is 36.1 Å². The second-order valence-corrected chi connectivity index (χ2v) is 12.7. The second kappa shape index (κ2) is 15.5. The van der Waals surface area contributed by atoms with Crippen molar-refractivity contribution in [1.29, 1.82) is 0 Å². The fourth-order valence-corrected chi connectivity index (χ4v) is 7.08. The number of benzene rings is 5. The predicted octanol–water partition coefficient (Wildman–Crippen LogP) is 6.59. The Hall–Kier alpha value is -6.39. The molecule has 6 aromatic rings. The molecule has 53 heavy (non-hydrogen) atoms. The Labute approximate surface area is 308 Å². The van der Waals surface area contributed by atoms with E-state index < -0.39 is 11.5 Å². The first-order chi connectivity index (χ1) is 25.9. The van der Waals surface area contributed by atoms with Gasteiger partial charge in [0.1, 0.15) is 6.54 Å². The molecule has 10 nitrogen and oxygen atoms in total. The molecule has 7 rings (SSSR count). The van der Waals surface area contributed by atoms with Crippen molar-refractivity contribution in [2.45, 2.75) is 31.8 Å². The van der Waals surface area contributed by atoms with Gasteiger partial charge in [-0.05, 0) is 52.4 Å². The third-order valence-corrected chi connectivity index (χ3v) is 9.60. The molecule has 10 heteroatoms. The van der Waals surface area contributed by atoms with E-state index in [0.717, 1.165) is 38.9 Å². The van der Waals surface area contributed by atoms with Crippen molar-refractivity contribution >= 4 is 11.9 Å². The summed E-state index contributed by atoms with van der Waals surface area (Å²) in [6.07, 6.45) is 0.437. The number of hydrogen-bond acceptors (Lipinski definition) is 9. The van der Waals surface area contributed by atoms with Gasteiger partial charge in [-0.1, -0.05) is 140 Å². The molecule has 1 aliphatic rings. The molecular formula is C43H40N6O4. The van der Waals surface area contributed by atoms with E-state index in [9.17, 15) is 9.59 Å². The average molecular weight is 705 g/mol. The predicted molar refractivity (Wildman–Crippen MR) is 202 cm³/mol. The maximum Gasteiger partial charge on any atom is 0.337 e. The number of hydrazine groups is 1. The minimum atomic E-state index is -0.888. The zero-order valence-corrected chi connectivity index (χ0v) is 29.8. The summed E-state index contributed by atoms with van der Waals surface area (Å²) in [4.78, 5) is 26.8. The zero-order valence-electron chi connectivity index (χ0n) is 29.8. The van der Waals surface area contributed by atoms with Crippen LogP contribution in [-0.2, 0) is 31.0 Å². The molecular weight excluding hydrogens is 665 g/mol. The van der Waals surface area contributed by atoms with Crippen LogP contribution in [0.15, 0.2) is 151 Å². The quantitative estimate of drug-likeness (QED) is 0.111. The molecule has 0 amide bonds. The number of methoxy groups -OCH3 is 1. The van der Waals surface area contributed by atoms with Crippen molar-refractivity contribution in [3.63, 3.8) is 0 Å². The van der Waals surface area contributed by atoms with E-state index in [1.54, 1.807) is 16.7 Å². The van der Waals surface area contributed by atoms with Crippen molar-refractivity contribution in [1.82, 2.24) is 30.6 Å². The number of carbonyl (C=O) groups excluding carboxylic acids is 2. The second-order valence-electron chi connectivity index (χ2n) is 12.7. The normalized spacial score (nSPS) is 14.5. The topological polar surface area (TPSA) is 111 Å². The summed E-state index contributed by atoms with van der Waals surface area (Å²) in [6, 6.07) is 46.6. The van der Waals surface area contributed by atoms with E-state index >= 15 is 0 Å². The third-order valence-electron chi connectivity index (χ3n) is 9.60. The molecule has 1 unspecified atom stereocenters. The number of allylic oxidation sites excluding steroid dienone is 1. The van der Waals surface area contributed by atoms with Gasteiger partial charge in [-0.3, -0.25) is 4.79 Å². The fraction of sp³-hybridized carbons (Fsp3) is 0.186. The Balaban J connectivity index is 1.23. The lowest BCUT2D eigenvalue weighted by Gasteiger charge is -2.34. The van der Waals surface area contributed by atoms with Crippen LogP contribution < -0.4 is 5.43 Å². The summed E-state index contributed by atoms with van der Waals surface area (Å²) in [7, 11) is 1.36. The highest BCUT2D eigenvalue weighted by atomic mass is 16.5. The number of hydrogen-bond donors (Lipinski definition) is 1. The summed E-state index contributed by atoms with van der Waals surface area (Å²) >= 11 is 0. The summed E-state index contributed by atoms with van der Waals surface area (Å²) in [6.45, 7) is 3.90. The number of nitrogens with one attached hydrogen (secondary N) is 1. The van der Waals surface area contributed by atoms with E-state index in [2.05, 4.69) is 53.0 Å². The van der Waals surface area contributed by atoms with E-state index in [1.165, 1.54) is 7.11 Å². The van der Waals surface area contributed by atoms with Crippen LogP contribution in [-0.4, -0.2) is 63.5 Å². The minimum Gasteiger partial charge on any atom is -0.466 e. The highest BCUT2D eigenvalue weighted by Gasteiger charge is 2.41. The van der Waals surface area contributed by atoms with Crippen LogP contribution in [0.2, 0.25) is 0 Å². The maximum absolute atomic E-state index is 12.8. The van der Waals surface area contributed by atoms with Gasteiger partial charge < -0.3 is 14.9 Å². The van der Waals surface area contributed by atoms with Crippen molar-refractivity contribution in [3.8, 4) is 22.5 Å². The van der Waals surface area contributed by atoms with Gasteiger partial charge in [-0.25, -0.2) is 9.80 Å². The molecule has 266 valence electrons. The summed E-state index contributed by atoms with van der Waals surface area (Å²) in [5.74, 6) is -0.315. The number of carbonyl (C=O) groups is 2. The van der Waals surface area contributed by atoms with Crippen LogP contribution in [0.25, 0.3) is 22.5 Å². The lowest BCUT2D eigenvalue weighted by Crippen LogP contribution is -2.42. The van der Waals surface area contributed by atoms with Gasteiger partial charge in [-0.15, -0.1) is 15.0 Å². The monoisotopic (exact) mass is 704 g/mol. The highest BCUT2D eigenvalue weighted by molar-refractivity contribution is 5.91. The van der Waals surface area contributed by atoms with Crippen molar-refractivity contribution in [3.05, 3.63) is 173 Å². The molecule has 1 atom stereocenters. The molecule has 5 aromatic carbocycles. The zero-order chi connectivity index (χ0) is 36.8. The van der Waals surface area contributed by atoms with Crippen LogP contribution in [0.5, 0.6) is 0 Å². The largest absolute Gasteiger partial charge is 0.466 e. The van der Waals surface area contributed by atoms with E-state index in [1.807, 2.05) is 104 Å². The standard InChI is InChI=1S/C43H40N6O4/c1-4-53-39(50)29-48-30(2)40(42(51)52-3)38(45-48)28-31-24-26-32(27-25-31)36-22-14-15-23-37(36)41-44-47-49(46-41)43(33-16-8-5-9-17-33,34-18-10-6-11-19-34)35-20-12-7-13-21-35/h5-27,30,45H,4,28-29H2,1-3H3. The Bertz CT molecular complexity index is 2120. The maximum atomic E-state index is 12.8. The summed E-state index contributed by atoms with van der Waals surface area (Å²) in [5, 5.41) is 16.3. The molecule has 0 bridgehead atoms. The third kappa shape index (κ3) is 6.84.